The number of nitrogens with zero attached hydrogens (tertiary/aromatic N) is 2. The van der Waals surface area contributed by atoms with Gasteiger partial charge in [-0.2, -0.15) is 0 Å². The first-order valence-corrected chi connectivity index (χ1v) is 10.8. The average Bonchev–Trinajstić information content (AvgIpc) is 3.43. The van der Waals surface area contributed by atoms with Crippen LogP contribution in [0.1, 0.15) is 43.9 Å². The summed E-state index contributed by atoms with van der Waals surface area (Å²) >= 11 is 0. The van der Waals surface area contributed by atoms with E-state index in [2.05, 4.69) is 36.0 Å². The van der Waals surface area contributed by atoms with Crippen molar-refractivity contribution in [1.29, 1.82) is 0 Å². The molecule has 0 saturated carbocycles. The summed E-state index contributed by atoms with van der Waals surface area (Å²) in [7, 11) is 0. The molecule has 1 unspecified atom stereocenters. The molecule has 4 heterocycles. The molecule has 0 aliphatic carbocycles. The third kappa shape index (κ3) is 2.54. The number of carbonyl (C=O) groups excluding carboxylic acids is 2. The van der Waals surface area contributed by atoms with Crippen molar-refractivity contribution < 1.29 is 19.1 Å². The number of ether oxygens (including phenoxy) is 2. The van der Waals surface area contributed by atoms with Crippen molar-refractivity contribution in [2.24, 2.45) is 0 Å². The fourth-order valence-electron chi connectivity index (χ4n) is 5.10. The van der Waals surface area contributed by atoms with Gasteiger partial charge in [0.2, 0.25) is 12.7 Å². The minimum atomic E-state index is -0.338. The summed E-state index contributed by atoms with van der Waals surface area (Å²) in [5, 5.41) is 4.60. The number of fused-ring (bicyclic) bond motifs is 1. The number of nitrogens with one attached hydrogen (secondary N) is 1. The topological polar surface area (TPSA) is 72.8 Å². The molecule has 7 heteroatoms. The number of rotatable bonds is 2. The Morgan fingerprint density at radius 1 is 1.16 bits per heavy atom. The molecule has 6 rings (SSSR count). The molecule has 0 bridgehead atoms. The molecule has 0 fully saturated rings. The van der Waals surface area contributed by atoms with Crippen molar-refractivity contribution in [3.05, 3.63) is 65.0 Å². The van der Waals surface area contributed by atoms with Crippen molar-refractivity contribution in [2.75, 3.05) is 18.7 Å². The van der Waals surface area contributed by atoms with E-state index in [0.717, 1.165) is 33.4 Å². The molecule has 32 heavy (non-hydrogen) atoms. The van der Waals surface area contributed by atoms with Crippen molar-refractivity contribution in [1.82, 2.24) is 9.47 Å². The maximum Gasteiger partial charge on any atom is 0.259 e. The highest BCUT2D eigenvalue weighted by atomic mass is 16.7. The van der Waals surface area contributed by atoms with Crippen LogP contribution in [0.25, 0.3) is 10.9 Å². The van der Waals surface area contributed by atoms with Gasteiger partial charge < -0.3 is 19.4 Å². The van der Waals surface area contributed by atoms with Crippen LogP contribution in [0, 0.1) is 0 Å². The van der Waals surface area contributed by atoms with Crippen LogP contribution >= 0.6 is 0 Å². The fraction of sp³-hybridized carbons (Fsp3) is 0.280. The Labute approximate surface area is 185 Å². The highest BCUT2D eigenvalue weighted by Crippen LogP contribution is 2.48. The fourth-order valence-corrected chi connectivity index (χ4v) is 5.10. The summed E-state index contributed by atoms with van der Waals surface area (Å²) in [6, 6.07) is 12.2. The number of carbonyl (C=O) groups is 2. The molecule has 2 amide bonds. The minimum Gasteiger partial charge on any atom is -0.454 e. The van der Waals surface area contributed by atoms with Gasteiger partial charge in [0.15, 0.2) is 11.5 Å². The van der Waals surface area contributed by atoms with Crippen LogP contribution in [0.3, 0.4) is 0 Å². The normalized spacial score (nSPS) is 18.9. The number of hydrogen-bond acceptors (Lipinski definition) is 5. The monoisotopic (exact) mass is 429 g/mol. The van der Waals surface area contributed by atoms with E-state index < -0.39 is 0 Å². The number of aromatic nitrogens is 1. The lowest BCUT2D eigenvalue weighted by Gasteiger charge is -2.20. The Bertz CT molecular complexity index is 1350. The van der Waals surface area contributed by atoms with Crippen molar-refractivity contribution in [3.63, 3.8) is 0 Å². The summed E-state index contributed by atoms with van der Waals surface area (Å²) in [5.41, 5.74) is 5.42. The van der Waals surface area contributed by atoms with E-state index in [1.165, 1.54) is 11.8 Å². The SMILES string of the molecule is CC(=O)N1CC2=C(C1=O)C(c1ccc3c(c1)OCO3)c1cn(C(C)C)c3cccc(c13)N2. The first-order valence-electron chi connectivity index (χ1n) is 10.8. The van der Waals surface area contributed by atoms with Crippen LogP contribution in [0.4, 0.5) is 5.69 Å². The number of hydrogen-bond donors (Lipinski definition) is 1. The van der Waals surface area contributed by atoms with Gasteiger partial charge in [-0.1, -0.05) is 12.1 Å². The maximum absolute atomic E-state index is 13.5. The number of anilines is 1. The van der Waals surface area contributed by atoms with Gasteiger partial charge in [-0.25, -0.2) is 0 Å². The van der Waals surface area contributed by atoms with Gasteiger partial charge in [-0.15, -0.1) is 0 Å². The third-order valence-electron chi connectivity index (χ3n) is 6.56. The Kier molecular flexibility index (Phi) is 3.93. The van der Waals surface area contributed by atoms with Crippen LogP contribution in [-0.2, 0) is 9.59 Å². The van der Waals surface area contributed by atoms with Crippen LogP contribution in [0.5, 0.6) is 11.5 Å². The Morgan fingerprint density at radius 2 is 1.97 bits per heavy atom. The zero-order chi connectivity index (χ0) is 22.1. The summed E-state index contributed by atoms with van der Waals surface area (Å²) in [4.78, 5) is 27.0. The summed E-state index contributed by atoms with van der Waals surface area (Å²) in [5.74, 6) is 0.523. The molecule has 3 aliphatic rings. The standard InChI is InChI=1S/C25H23N3O4/c1-13(2)27-10-16-22(15-7-8-20-21(9-15)32-12-31-20)24-18(11-28(14(3)29)25(24)30)26-17-5-4-6-19(27)23(16)17/h4-10,13,22,26H,11-12H2,1-3H3. The Hall–Kier alpha value is -3.74. The summed E-state index contributed by atoms with van der Waals surface area (Å²) in [6.07, 6.45) is 2.15. The van der Waals surface area contributed by atoms with Gasteiger partial charge in [0.25, 0.3) is 5.91 Å². The second-order valence-corrected chi connectivity index (χ2v) is 8.76. The quantitative estimate of drug-likeness (QED) is 0.663. The number of benzene rings is 2. The van der Waals surface area contributed by atoms with Gasteiger partial charge >= 0.3 is 0 Å². The lowest BCUT2D eigenvalue weighted by atomic mass is 9.84. The van der Waals surface area contributed by atoms with E-state index in [1.54, 1.807) is 0 Å². The molecule has 3 aromatic rings. The first kappa shape index (κ1) is 19.0. The molecule has 0 saturated heterocycles. The molecule has 3 aliphatic heterocycles. The molecule has 2 aromatic carbocycles. The molecule has 0 spiro atoms. The molecule has 7 nitrogen and oxygen atoms in total. The number of amides is 2. The Balaban J connectivity index is 1.64. The smallest absolute Gasteiger partial charge is 0.259 e. The molecule has 162 valence electrons. The van der Waals surface area contributed by atoms with Crippen LogP contribution in [0.2, 0.25) is 0 Å². The van der Waals surface area contributed by atoms with E-state index in [1.807, 2.05) is 30.3 Å². The van der Waals surface area contributed by atoms with Crippen LogP contribution in [0.15, 0.2) is 53.9 Å². The van der Waals surface area contributed by atoms with E-state index in [4.69, 9.17) is 9.47 Å². The van der Waals surface area contributed by atoms with Crippen molar-refractivity contribution in [2.45, 2.75) is 32.7 Å². The largest absolute Gasteiger partial charge is 0.454 e. The molecular formula is C25H23N3O4. The zero-order valence-corrected chi connectivity index (χ0v) is 18.1. The second-order valence-electron chi connectivity index (χ2n) is 8.76. The molecule has 0 radical (unpaired) electrons. The van der Waals surface area contributed by atoms with Gasteiger partial charge in [-0.05, 0) is 49.2 Å². The minimum absolute atomic E-state index is 0.187. The average molecular weight is 429 g/mol. The van der Waals surface area contributed by atoms with Crippen molar-refractivity contribution in [3.8, 4) is 11.5 Å². The molecule has 1 atom stereocenters. The van der Waals surface area contributed by atoms with E-state index in [0.29, 0.717) is 17.1 Å². The lowest BCUT2D eigenvalue weighted by Crippen LogP contribution is -2.33. The Morgan fingerprint density at radius 3 is 2.75 bits per heavy atom. The summed E-state index contributed by atoms with van der Waals surface area (Å²) < 4.78 is 13.4. The molecule has 1 N–H and O–H groups in total. The highest BCUT2D eigenvalue weighted by molar-refractivity contribution is 6.11. The predicted molar refractivity (Wildman–Crippen MR) is 120 cm³/mol. The van der Waals surface area contributed by atoms with Crippen LogP contribution in [-0.4, -0.2) is 34.6 Å². The third-order valence-corrected chi connectivity index (χ3v) is 6.56. The van der Waals surface area contributed by atoms with E-state index in [9.17, 15) is 9.59 Å². The highest BCUT2D eigenvalue weighted by Gasteiger charge is 2.42. The second kappa shape index (κ2) is 6.63. The van der Waals surface area contributed by atoms with Gasteiger partial charge in [0.1, 0.15) is 0 Å². The van der Waals surface area contributed by atoms with E-state index in [-0.39, 0.29) is 37.1 Å². The zero-order valence-electron chi connectivity index (χ0n) is 18.1. The maximum atomic E-state index is 13.5. The summed E-state index contributed by atoms with van der Waals surface area (Å²) in [6.45, 7) is 6.16. The van der Waals surface area contributed by atoms with Gasteiger partial charge in [-0.3, -0.25) is 14.5 Å². The lowest BCUT2D eigenvalue weighted by molar-refractivity contribution is -0.139. The van der Waals surface area contributed by atoms with Crippen molar-refractivity contribution >= 4 is 28.4 Å². The van der Waals surface area contributed by atoms with Crippen LogP contribution < -0.4 is 14.8 Å². The predicted octanol–water partition coefficient (Wildman–Crippen LogP) is 4.15. The van der Waals surface area contributed by atoms with E-state index >= 15 is 0 Å². The number of imide groups is 1. The first-order chi connectivity index (χ1) is 15.4. The van der Waals surface area contributed by atoms with Gasteiger partial charge in [0.05, 0.1) is 17.6 Å². The molecule has 1 aromatic heterocycles. The molecular weight excluding hydrogens is 406 g/mol. The van der Waals surface area contributed by atoms with Gasteiger partial charge in [0, 0.05) is 41.9 Å².